The third kappa shape index (κ3) is 13.2. The summed E-state index contributed by atoms with van der Waals surface area (Å²) in [4.78, 5) is 41.9. The van der Waals surface area contributed by atoms with Crippen molar-refractivity contribution in [3.8, 4) is 0 Å². The average molecular weight is 681 g/mol. The number of ether oxygens (including phenoxy) is 2. The number of aryl methyl sites for hydroxylation is 1. The molecule has 14 heteroatoms. The number of carboxylic acids is 2. The zero-order valence-electron chi connectivity index (χ0n) is 27.8. The number of benzene rings is 1. The number of urea groups is 1. The highest BCUT2D eigenvalue weighted by Crippen LogP contribution is 2.29. The Bertz CT molecular complexity index is 1250. The van der Waals surface area contributed by atoms with Crippen molar-refractivity contribution in [2.45, 2.75) is 56.9 Å². The third-order valence-electron chi connectivity index (χ3n) is 8.56. The number of hydrogen-bond donors (Lipinski definition) is 2. The van der Waals surface area contributed by atoms with Crippen LogP contribution < -0.4 is 0 Å². The highest BCUT2D eigenvalue weighted by atomic mass is 32.2. The molecule has 1 aliphatic carbocycles. The van der Waals surface area contributed by atoms with Gasteiger partial charge in [-0.25, -0.2) is 22.8 Å². The van der Waals surface area contributed by atoms with Crippen molar-refractivity contribution in [2.75, 3.05) is 91.1 Å². The standard InChI is InChI=1S/C29H48N4O5S.C4H4O4/c1-25(2)33(19-24-39(35,36)28-10-4-8-26-7-3-9-27(26)28)29(34)32(13-5-11-30-15-20-37-21-16-30)14-6-12-31-17-22-38-23-18-31;5-3(6)1-2-4(7)8/h4,8,10,25H,3,5-7,9,11-24H2,1-2H3;1-2H,(H,5,6)(H,7,8)/b;2-1-. The second-order valence-electron chi connectivity index (χ2n) is 12.2. The summed E-state index contributed by atoms with van der Waals surface area (Å²) in [5.74, 6) is -2.57. The molecule has 3 aliphatic rings. The number of fused-ring (bicyclic) bond motifs is 1. The van der Waals surface area contributed by atoms with Crippen LogP contribution >= 0.6 is 0 Å². The number of amides is 2. The Balaban J connectivity index is 0.000000665. The second kappa shape index (κ2) is 19.7. The average Bonchev–Trinajstić information content (AvgIpc) is 3.53. The zero-order valence-corrected chi connectivity index (χ0v) is 28.7. The summed E-state index contributed by atoms with van der Waals surface area (Å²) in [6, 6.07) is 5.49. The molecule has 2 saturated heterocycles. The van der Waals surface area contributed by atoms with Crippen LogP contribution in [0.25, 0.3) is 0 Å². The number of nitrogens with zero attached hydrogens (tertiary/aromatic N) is 4. The first kappa shape index (κ1) is 38.4. The van der Waals surface area contributed by atoms with Crippen molar-refractivity contribution in [1.82, 2.24) is 19.6 Å². The lowest BCUT2D eigenvalue weighted by Gasteiger charge is -2.35. The number of carbonyl (C=O) groups is 3. The van der Waals surface area contributed by atoms with E-state index in [1.165, 1.54) is 0 Å². The number of carboxylic acid groups (broad SMARTS) is 2. The van der Waals surface area contributed by atoms with Crippen LogP contribution in [0.4, 0.5) is 4.79 Å². The minimum atomic E-state index is -3.49. The topological polar surface area (TPSA) is 157 Å². The van der Waals surface area contributed by atoms with Crippen LogP contribution in [0.1, 0.15) is 44.2 Å². The van der Waals surface area contributed by atoms with Gasteiger partial charge in [0.05, 0.1) is 37.1 Å². The van der Waals surface area contributed by atoms with Gasteiger partial charge in [-0.05, 0) is 63.1 Å². The lowest BCUT2D eigenvalue weighted by molar-refractivity contribution is -0.134. The normalized spacial score (nSPS) is 17.3. The van der Waals surface area contributed by atoms with E-state index in [9.17, 15) is 22.8 Å². The van der Waals surface area contributed by atoms with E-state index in [0.29, 0.717) is 30.1 Å². The van der Waals surface area contributed by atoms with Gasteiger partial charge < -0.3 is 29.5 Å². The Kier molecular flexibility index (Phi) is 16.1. The number of hydrogen-bond acceptors (Lipinski definition) is 9. The molecule has 2 aliphatic heterocycles. The molecule has 2 N–H and O–H groups in total. The molecule has 1 aromatic carbocycles. The summed E-state index contributed by atoms with van der Waals surface area (Å²) in [6.45, 7) is 14.2. The van der Waals surface area contributed by atoms with Gasteiger partial charge >= 0.3 is 18.0 Å². The van der Waals surface area contributed by atoms with E-state index < -0.39 is 21.8 Å². The Labute approximate surface area is 279 Å². The Morgan fingerprint density at radius 3 is 1.87 bits per heavy atom. The van der Waals surface area contributed by atoms with Crippen LogP contribution in [0.5, 0.6) is 0 Å². The van der Waals surface area contributed by atoms with Crippen molar-refractivity contribution >= 4 is 27.8 Å². The molecule has 2 heterocycles. The number of aliphatic carboxylic acids is 2. The molecule has 0 spiro atoms. The zero-order chi connectivity index (χ0) is 34.2. The summed E-state index contributed by atoms with van der Waals surface area (Å²) in [7, 11) is -3.49. The monoisotopic (exact) mass is 680 g/mol. The van der Waals surface area contributed by atoms with Gasteiger partial charge in [0.25, 0.3) is 0 Å². The summed E-state index contributed by atoms with van der Waals surface area (Å²) in [5.41, 5.74) is 2.13. The predicted octanol–water partition coefficient (Wildman–Crippen LogP) is 2.24. The largest absolute Gasteiger partial charge is 0.478 e. The molecule has 0 atom stereocenters. The van der Waals surface area contributed by atoms with E-state index >= 15 is 0 Å². The van der Waals surface area contributed by atoms with Crippen LogP contribution in [-0.2, 0) is 41.7 Å². The van der Waals surface area contributed by atoms with Gasteiger partial charge in [-0.15, -0.1) is 0 Å². The molecule has 13 nitrogen and oxygen atoms in total. The molecule has 2 amide bonds. The molecule has 0 aromatic heterocycles. The highest BCUT2D eigenvalue weighted by molar-refractivity contribution is 7.91. The number of morpholine rings is 2. The molecule has 0 bridgehead atoms. The van der Waals surface area contributed by atoms with Crippen molar-refractivity contribution in [3.05, 3.63) is 41.5 Å². The summed E-state index contributed by atoms with van der Waals surface area (Å²) in [6.07, 6.45) is 5.66. The first-order valence-corrected chi connectivity index (χ1v) is 18.3. The van der Waals surface area contributed by atoms with Gasteiger partial charge in [0, 0.05) is 77.1 Å². The van der Waals surface area contributed by atoms with E-state index in [-0.39, 0.29) is 24.4 Å². The maximum atomic E-state index is 13.9. The lowest BCUT2D eigenvalue weighted by Crippen LogP contribution is -2.49. The number of rotatable bonds is 15. The van der Waals surface area contributed by atoms with Gasteiger partial charge in [0.1, 0.15) is 0 Å². The Hall–Kier alpha value is -3.04. The number of sulfone groups is 1. The van der Waals surface area contributed by atoms with E-state index in [1.54, 1.807) is 11.0 Å². The molecule has 264 valence electrons. The van der Waals surface area contributed by atoms with Crippen molar-refractivity contribution < 1.29 is 42.5 Å². The summed E-state index contributed by atoms with van der Waals surface area (Å²) >= 11 is 0. The SMILES string of the molecule is CC(C)N(CCS(=O)(=O)c1cccc2c1CCC2)C(=O)N(CCCN1CCOCC1)CCCN1CCOCC1.O=C(O)/C=C\C(=O)O. The minimum Gasteiger partial charge on any atom is -0.478 e. The molecular formula is C33H52N4O9S. The molecule has 4 rings (SSSR count). The molecule has 2 fully saturated rings. The first-order chi connectivity index (χ1) is 22.5. The summed E-state index contributed by atoms with van der Waals surface area (Å²) in [5, 5.41) is 15.6. The van der Waals surface area contributed by atoms with E-state index in [0.717, 1.165) is 109 Å². The van der Waals surface area contributed by atoms with E-state index in [2.05, 4.69) is 9.80 Å². The highest BCUT2D eigenvalue weighted by Gasteiger charge is 2.28. The fraction of sp³-hybridized carbons (Fsp3) is 0.667. The van der Waals surface area contributed by atoms with E-state index in [1.807, 2.05) is 30.9 Å². The lowest BCUT2D eigenvalue weighted by atomic mass is 10.1. The van der Waals surface area contributed by atoms with Crippen LogP contribution in [-0.4, -0.2) is 153 Å². The molecular weight excluding hydrogens is 628 g/mol. The van der Waals surface area contributed by atoms with Gasteiger partial charge in [0.2, 0.25) is 0 Å². The summed E-state index contributed by atoms with van der Waals surface area (Å²) < 4.78 is 37.8. The van der Waals surface area contributed by atoms with Crippen molar-refractivity contribution in [1.29, 1.82) is 0 Å². The van der Waals surface area contributed by atoms with Crippen molar-refractivity contribution in [2.24, 2.45) is 0 Å². The molecule has 1 aromatic rings. The fourth-order valence-corrected chi connectivity index (χ4v) is 7.58. The predicted molar refractivity (Wildman–Crippen MR) is 177 cm³/mol. The molecule has 0 unspecified atom stereocenters. The fourth-order valence-electron chi connectivity index (χ4n) is 6.03. The quantitative estimate of drug-likeness (QED) is 0.262. The van der Waals surface area contributed by atoms with Crippen molar-refractivity contribution in [3.63, 3.8) is 0 Å². The number of carbonyl (C=O) groups excluding carboxylic acids is 1. The van der Waals surface area contributed by atoms with Gasteiger partial charge in [-0.1, -0.05) is 12.1 Å². The maximum absolute atomic E-state index is 13.9. The van der Waals surface area contributed by atoms with Gasteiger partial charge in [-0.3, -0.25) is 9.80 Å². The van der Waals surface area contributed by atoms with Gasteiger partial charge in [-0.2, -0.15) is 0 Å². The third-order valence-corrected chi connectivity index (χ3v) is 10.3. The van der Waals surface area contributed by atoms with Crippen LogP contribution in [0, 0.1) is 0 Å². The molecule has 47 heavy (non-hydrogen) atoms. The van der Waals surface area contributed by atoms with Crippen LogP contribution in [0.15, 0.2) is 35.2 Å². The minimum absolute atomic E-state index is 0.0528. The van der Waals surface area contributed by atoms with Gasteiger partial charge in [0.15, 0.2) is 9.84 Å². The Morgan fingerprint density at radius 2 is 1.38 bits per heavy atom. The molecule has 0 saturated carbocycles. The van der Waals surface area contributed by atoms with E-state index in [4.69, 9.17) is 19.7 Å². The Morgan fingerprint density at radius 1 is 0.851 bits per heavy atom. The van der Waals surface area contributed by atoms with Crippen LogP contribution in [0.2, 0.25) is 0 Å². The maximum Gasteiger partial charge on any atom is 0.328 e. The van der Waals surface area contributed by atoms with Crippen LogP contribution in [0.3, 0.4) is 0 Å². The smallest absolute Gasteiger partial charge is 0.328 e. The second-order valence-corrected chi connectivity index (χ2v) is 14.3. The molecule has 0 radical (unpaired) electrons. The first-order valence-electron chi connectivity index (χ1n) is 16.6.